The second-order valence-electron chi connectivity index (χ2n) is 15.9. The summed E-state index contributed by atoms with van der Waals surface area (Å²) in [5, 5.41) is 9.14. The molecule has 0 saturated carbocycles. The second-order valence-corrected chi connectivity index (χ2v) is 15.9. The average molecular weight is 983 g/mol. The van der Waals surface area contributed by atoms with Gasteiger partial charge in [0.05, 0.1) is 11.0 Å². The molecule has 13 aromatic rings. The van der Waals surface area contributed by atoms with Crippen LogP contribution in [0.1, 0.15) is 0 Å². The summed E-state index contributed by atoms with van der Waals surface area (Å²) in [6.45, 7) is 0. The van der Waals surface area contributed by atoms with Crippen LogP contribution in [-0.4, -0.2) is 24.1 Å². The Labute approximate surface area is 376 Å². The third-order valence-electron chi connectivity index (χ3n) is 12.3. The molecular formula is C57H33N5Pt. The molecule has 0 radical (unpaired) electrons. The molecule has 0 unspecified atom stereocenters. The number of rotatable bonds is 5. The summed E-state index contributed by atoms with van der Waals surface area (Å²) in [5.74, 6) is 0.828. The van der Waals surface area contributed by atoms with Crippen LogP contribution in [0.5, 0.6) is 0 Å². The fourth-order valence-electron chi connectivity index (χ4n) is 9.31. The quantitative estimate of drug-likeness (QED) is 0.128. The topological polar surface area (TPSA) is 48.5 Å². The largest absolute Gasteiger partial charge is 2.00 e. The Morgan fingerprint density at radius 2 is 0.984 bits per heavy atom. The monoisotopic (exact) mass is 982 g/mol. The van der Waals surface area contributed by atoms with E-state index in [1.165, 1.54) is 10.8 Å². The van der Waals surface area contributed by atoms with E-state index in [0.29, 0.717) is 0 Å². The molecular weight excluding hydrogens is 950 g/mol. The number of benzene rings is 9. The Morgan fingerprint density at radius 3 is 1.73 bits per heavy atom. The van der Waals surface area contributed by atoms with Gasteiger partial charge in [-0.1, -0.05) is 144 Å². The van der Waals surface area contributed by atoms with Crippen molar-refractivity contribution in [1.29, 1.82) is 0 Å². The minimum absolute atomic E-state index is 0. The van der Waals surface area contributed by atoms with E-state index in [9.17, 15) is 0 Å². The molecule has 0 N–H and O–H groups in total. The van der Waals surface area contributed by atoms with Crippen molar-refractivity contribution >= 4 is 76.2 Å². The third-order valence-corrected chi connectivity index (χ3v) is 12.3. The summed E-state index contributed by atoms with van der Waals surface area (Å²) < 4.78 is 4.59. The molecule has 5 nitrogen and oxygen atoms in total. The minimum atomic E-state index is 0. The summed E-state index contributed by atoms with van der Waals surface area (Å²) in [6, 6.07) is 74.4. The van der Waals surface area contributed by atoms with Gasteiger partial charge in [0.25, 0.3) is 0 Å². The van der Waals surface area contributed by atoms with Crippen molar-refractivity contribution in [2.75, 3.05) is 0 Å². The zero-order chi connectivity index (χ0) is 40.7. The van der Waals surface area contributed by atoms with Crippen LogP contribution in [0, 0.1) is 12.1 Å². The molecule has 9 aromatic carbocycles. The predicted molar refractivity (Wildman–Crippen MR) is 255 cm³/mol. The maximum absolute atomic E-state index is 5.15. The molecule has 4 heterocycles. The number of fused-ring (bicyclic) bond motifs is 9. The van der Waals surface area contributed by atoms with Crippen molar-refractivity contribution < 1.29 is 21.1 Å². The van der Waals surface area contributed by atoms with Gasteiger partial charge in [-0.05, 0) is 96.5 Å². The molecule has 0 atom stereocenters. The zero-order valence-electron chi connectivity index (χ0n) is 33.6. The van der Waals surface area contributed by atoms with E-state index in [4.69, 9.17) is 15.0 Å². The van der Waals surface area contributed by atoms with Gasteiger partial charge in [0.2, 0.25) is 0 Å². The standard InChI is InChI=1S/C57H33N5.Pt/c1-3-11-36(12-4-1)42-19-22-46-47-24-21-45(34-56(47)62(54(46)31-42)57-33-43(25-26-58-57)37-13-5-2-6-14-37)61-53-32-44(20-23-48(53)49-27-38-15-7-10-18-41(38)30-55(49)61)52-35-59-50-28-39-16-8-9-17-40(39)29-51(50)60-52;/h1-31,33,35H;/q-2;+2. The second kappa shape index (κ2) is 14.7. The molecule has 0 saturated heterocycles. The van der Waals surface area contributed by atoms with Crippen LogP contribution >= 0.6 is 0 Å². The Balaban J connectivity index is 0.00000421. The first-order chi connectivity index (χ1) is 30.7. The van der Waals surface area contributed by atoms with E-state index in [1.54, 1.807) is 0 Å². The normalized spacial score (nSPS) is 11.7. The van der Waals surface area contributed by atoms with Crippen molar-refractivity contribution in [3.8, 4) is 45.0 Å². The fraction of sp³-hybridized carbons (Fsp3) is 0. The molecule has 0 aliphatic carbocycles. The summed E-state index contributed by atoms with van der Waals surface area (Å²) in [5.41, 5.74) is 12.9. The van der Waals surface area contributed by atoms with Gasteiger partial charge in [-0.2, -0.15) is 6.07 Å². The Morgan fingerprint density at radius 1 is 0.397 bits per heavy atom. The number of nitrogens with zero attached hydrogens (tertiary/aromatic N) is 5. The minimum Gasteiger partial charge on any atom is -0.352 e. The smallest absolute Gasteiger partial charge is 0.352 e. The van der Waals surface area contributed by atoms with E-state index in [1.807, 2.05) is 12.4 Å². The summed E-state index contributed by atoms with van der Waals surface area (Å²) in [7, 11) is 0. The van der Waals surface area contributed by atoms with Crippen molar-refractivity contribution in [3.05, 3.63) is 213 Å². The number of aromatic nitrogens is 5. The molecule has 0 spiro atoms. The molecule has 63 heavy (non-hydrogen) atoms. The van der Waals surface area contributed by atoms with Gasteiger partial charge < -0.3 is 9.13 Å². The van der Waals surface area contributed by atoms with E-state index in [0.717, 1.165) is 110 Å². The van der Waals surface area contributed by atoms with Crippen LogP contribution < -0.4 is 0 Å². The van der Waals surface area contributed by atoms with Gasteiger partial charge in [-0.25, -0.2) is 4.98 Å². The Kier molecular flexibility index (Phi) is 8.67. The third kappa shape index (κ3) is 6.07. The SMILES string of the molecule is [Pt+2].[c-]1c(-c2cnc3cc4ccccc4cc3n2)ccc2c3cc4ccccc4cc3n(-c3[c-]c4c(cc3)c3ccc(-c5ccccc5)cc3n4-c3cc(-c4ccccc4)ccn3)c12. The molecule has 296 valence electrons. The van der Waals surface area contributed by atoms with Crippen LogP contribution in [0.15, 0.2) is 200 Å². The first-order valence-corrected chi connectivity index (χ1v) is 20.8. The number of hydrogen-bond donors (Lipinski definition) is 0. The molecule has 0 aliphatic rings. The summed E-state index contributed by atoms with van der Waals surface area (Å²) in [6.07, 6.45) is 3.78. The zero-order valence-corrected chi connectivity index (χ0v) is 35.9. The van der Waals surface area contributed by atoms with Gasteiger partial charge >= 0.3 is 21.1 Å². The van der Waals surface area contributed by atoms with Crippen molar-refractivity contribution in [2.24, 2.45) is 0 Å². The van der Waals surface area contributed by atoms with Gasteiger partial charge in [0.15, 0.2) is 0 Å². The van der Waals surface area contributed by atoms with Crippen LogP contribution in [0.4, 0.5) is 0 Å². The van der Waals surface area contributed by atoms with Gasteiger partial charge in [-0.3, -0.25) is 9.97 Å². The van der Waals surface area contributed by atoms with Crippen molar-refractivity contribution in [2.45, 2.75) is 0 Å². The van der Waals surface area contributed by atoms with E-state index in [-0.39, 0.29) is 21.1 Å². The molecule has 0 fully saturated rings. The van der Waals surface area contributed by atoms with E-state index >= 15 is 0 Å². The molecule has 13 rings (SSSR count). The number of pyridine rings is 1. The fourth-order valence-corrected chi connectivity index (χ4v) is 9.31. The van der Waals surface area contributed by atoms with Gasteiger partial charge in [0.1, 0.15) is 5.82 Å². The van der Waals surface area contributed by atoms with Crippen LogP contribution in [0.25, 0.3) is 121 Å². The van der Waals surface area contributed by atoms with Crippen molar-refractivity contribution in [1.82, 2.24) is 24.1 Å². The molecule has 0 bridgehead atoms. The van der Waals surface area contributed by atoms with Crippen LogP contribution in [-0.2, 0) is 21.1 Å². The maximum Gasteiger partial charge on any atom is 2.00 e. The molecule has 4 aromatic heterocycles. The van der Waals surface area contributed by atoms with Gasteiger partial charge in [0, 0.05) is 29.1 Å². The van der Waals surface area contributed by atoms with E-state index in [2.05, 4.69) is 209 Å². The van der Waals surface area contributed by atoms with E-state index < -0.39 is 0 Å². The first-order valence-electron chi connectivity index (χ1n) is 20.8. The molecule has 0 aliphatic heterocycles. The summed E-state index contributed by atoms with van der Waals surface area (Å²) in [4.78, 5) is 15.1. The Hall–Kier alpha value is -7.72. The average Bonchev–Trinajstić information content (AvgIpc) is 3.83. The predicted octanol–water partition coefficient (Wildman–Crippen LogP) is 14.1. The Bertz CT molecular complexity index is 3930. The van der Waals surface area contributed by atoms with Crippen molar-refractivity contribution in [3.63, 3.8) is 0 Å². The molecule has 0 amide bonds. The van der Waals surface area contributed by atoms with Crippen LogP contribution in [0.2, 0.25) is 0 Å². The van der Waals surface area contributed by atoms with Gasteiger partial charge in [-0.15, -0.1) is 41.3 Å². The maximum atomic E-state index is 5.15. The first kappa shape index (κ1) is 37.1. The molecule has 6 heteroatoms. The summed E-state index contributed by atoms with van der Waals surface area (Å²) >= 11 is 0. The van der Waals surface area contributed by atoms with Crippen LogP contribution in [0.3, 0.4) is 0 Å². The number of hydrogen-bond acceptors (Lipinski definition) is 3.